The van der Waals surface area contributed by atoms with Crippen molar-refractivity contribution in [3.8, 4) is 5.75 Å². The summed E-state index contributed by atoms with van der Waals surface area (Å²) in [5.41, 5.74) is 1.22. The van der Waals surface area contributed by atoms with Crippen LogP contribution in [0.2, 0.25) is 0 Å². The maximum atomic E-state index is 11.3. The van der Waals surface area contributed by atoms with Crippen LogP contribution in [0.15, 0.2) is 24.3 Å². The number of halogens is 1. The van der Waals surface area contributed by atoms with Crippen LogP contribution < -0.4 is 4.74 Å². The van der Waals surface area contributed by atoms with Crippen molar-refractivity contribution >= 4 is 21.8 Å². The second kappa shape index (κ2) is 7.33. The van der Waals surface area contributed by atoms with E-state index in [-0.39, 0.29) is 5.91 Å². The summed E-state index contributed by atoms with van der Waals surface area (Å²) in [6.07, 6.45) is 0.836. The molecule has 1 aromatic rings. The Kier molecular flexibility index (Phi) is 6.05. The lowest BCUT2D eigenvalue weighted by molar-refractivity contribution is -0.127. The first-order valence-electron chi connectivity index (χ1n) is 5.63. The predicted octanol–water partition coefficient (Wildman–Crippen LogP) is 2.62. The number of carbonyl (C=O) groups is 1. The van der Waals surface area contributed by atoms with Crippen LogP contribution in [0.1, 0.15) is 12.0 Å². The van der Waals surface area contributed by atoms with Gasteiger partial charge in [0, 0.05) is 13.6 Å². The van der Waals surface area contributed by atoms with E-state index in [1.807, 2.05) is 31.2 Å². The number of aryl methyl sites for hydroxylation is 1. The van der Waals surface area contributed by atoms with Gasteiger partial charge in [-0.2, -0.15) is 0 Å². The van der Waals surface area contributed by atoms with E-state index < -0.39 is 0 Å². The molecule has 0 spiro atoms. The molecule has 4 heteroatoms. The van der Waals surface area contributed by atoms with E-state index in [0.717, 1.165) is 18.7 Å². The molecule has 3 nitrogen and oxygen atoms in total. The van der Waals surface area contributed by atoms with Gasteiger partial charge in [-0.05, 0) is 25.5 Å². The number of hydrogen-bond donors (Lipinski definition) is 0. The Bertz CT molecular complexity index is 351. The number of benzene rings is 1. The van der Waals surface area contributed by atoms with Crippen molar-refractivity contribution in [1.29, 1.82) is 0 Å². The maximum absolute atomic E-state index is 11.3. The van der Waals surface area contributed by atoms with Crippen molar-refractivity contribution in [3.05, 3.63) is 29.8 Å². The van der Waals surface area contributed by atoms with Gasteiger partial charge >= 0.3 is 0 Å². The molecule has 0 saturated heterocycles. The van der Waals surface area contributed by atoms with Crippen molar-refractivity contribution in [3.63, 3.8) is 0 Å². The highest BCUT2D eigenvalue weighted by Crippen LogP contribution is 2.11. The third kappa shape index (κ3) is 5.22. The molecule has 0 N–H and O–H groups in total. The lowest BCUT2D eigenvalue weighted by Gasteiger charge is -2.15. The summed E-state index contributed by atoms with van der Waals surface area (Å²) in [6.45, 7) is 3.39. The van der Waals surface area contributed by atoms with Gasteiger partial charge in [0.15, 0.2) is 0 Å². The zero-order chi connectivity index (χ0) is 12.7. The molecule has 1 amide bonds. The number of carbonyl (C=O) groups excluding carboxylic acids is 1. The van der Waals surface area contributed by atoms with Crippen LogP contribution >= 0.6 is 15.9 Å². The van der Waals surface area contributed by atoms with Gasteiger partial charge in [-0.25, -0.2) is 0 Å². The summed E-state index contributed by atoms with van der Waals surface area (Å²) < 4.78 is 5.58. The number of nitrogens with zero attached hydrogens (tertiary/aromatic N) is 1. The second-order valence-electron chi connectivity index (χ2n) is 3.96. The number of alkyl halides is 1. The molecule has 0 aliphatic carbocycles. The fourth-order valence-corrected chi connectivity index (χ4v) is 1.78. The minimum Gasteiger partial charge on any atom is -0.494 e. The first-order chi connectivity index (χ1) is 8.13. The Hall–Kier alpha value is -1.03. The monoisotopic (exact) mass is 299 g/mol. The lowest BCUT2D eigenvalue weighted by atomic mass is 10.2. The minimum atomic E-state index is 0.0975. The first kappa shape index (κ1) is 14.0. The van der Waals surface area contributed by atoms with E-state index in [1.165, 1.54) is 5.56 Å². The molecular weight excluding hydrogens is 282 g/mol. The van der Waals surface area contributed by atoms with Gasteiger partial charge in [0.05, 0.1) is 11.9 Å². The summed E-state index contributed by atoms with van der Waals surface area (Å²) in [5, 5.41) is 0.377. The Morgan fingerprint density at radius 2 is 2.00 bits per heavy atom. The first-order valence-corrected chi connectivity index (χ1v) is 6.75. The standard InChI is InChI=1S/C13H18BrNO2/c1-11-4-6-12(7-5-11)17-9-3-8-15(2)13(16)10-14/h4-7H,3,8-10H2,1-2H3. The third-order valence-electron chi connectivity index (χ3n) is 2.47. The van der Waals surface area contributed by atoms with Gasteiger partial charge in [-0.15, -0.1) is 0 Å². The summed E-state index contributed by atoms with van der Waals surface area (Å²) in [4.78, 5) is 13.0. The normalized spacial score (nSPS) is 10.1. The highest BCUT2D eigenvalue weighted by molar-refractivity contribution is 9.09. The molecule has 0 saturated carbocycles. The van der Waals surface area contributed by atoms with Gasteiger partial charge in [-0.3, -0.25) is 4.79 Å². The average Bonchev–Trinajstić information content (AvgIpc) is 2.35. The van der Waals surface area contributed by atoms with Gasteiger partial charge in [0.1, 0.15) is 5.75 Å². The molecule has 0 aliphatic rings. The summed E-state index contributed by atoms with van der Waals surface area (Å²) in [6, 6.07) is 7.97. The minimum absolute atomic E-state index is 0.0975. The molecular formula is C13H18BrNO2. The molecule has 0 unspecified atom stereocenters. The van der Waals surface area contributed by atoms with Gasteiger partial charge in [-0.1, -0.05) is 33.6 Å². The van der Waals surface area contributed by atoms with E-state index in [4.69, 9.17) is 4.74 Å². The molecule has 1 aromatic carbocycles. The molecule has 0 fully saturated rings. The summed E-state index contributed by atoms with van der Waals surface area (Å²) in [7, 11) is 1.80. The molecule has 17 heavy (non-hydrogen) atoms. The van der Waals surface area contributed by atoms with Gasteiger partial charge in [0.25, 0.3) is 0 Å². The van der Waals surface area contributed by atoms with Crippen LogP contribution in [-0.4, -0.2) is 36.3 Å². The smallest absolute Gasteiger partial charge is 0.232 e. The molecule has 0 bridgehead atoms. The zero-order valence-electron chi connectivity index (χ0n) is 10.3. The number of amides is 1. The highest BCUT2D eigenvalue weighted by Gasteiger charge is 2.05. The van der Waals surface area contributed by atoms with Crippen LogP contribution in [0.25, 0.3) is 0 Å². The number of ether oxygens (including phenoxy) is 1. The fraction of sp³-hybridized carbons (Fsp3) is 0.462. The van der Waals surface area contributed by atoms with E-state index >= 15 is 0 Å². The van der Waals surface area contributed by atoms with Crippen molar-refractivity contribution in [2.24, 2.45) is 0 Å². The summed E-state index contributed by atoms with van der Waals surface area (Å²) in [5.74, 6) is 0.977. The zero-order valence-corrected chi connectivity index (χ0v) is 11.9. The van der Waals surface area contributed by atoms with Crippen LogP contribution in [0.3, 0.4) is 0 Å². The van der Waals surface area contributed by atoms with Crippen molar-refractivity contribution in [2.45, 2.75) is 13.3 Å². The quantitative estimate of drug-likeness (QED) is 0.597. The second-order valence-corrected chi connectivity index (χ2v) is 4.52. The van der Waals surface area contributed by atoms with Crippen LogP contribution in [0, 0.1) is 6.92 Å². The van der Waals surface area contributed by atoms with Crippen LogP contribution in [0.5, 0.6) is 5.75 Å². The van der Waals surface area contributed by atoms with Gasteiger partial charge < -0.3 is 9.64 Å². The number of rotatable bonds is 6. The molecule has 94 valence electrons. The van der Waals surface area contributed by atoms with Crippen LogP contribution in [-0.2, 0) is 4.79 Å². The van der Waals surface area contributed by atoms with E-state index in [2.05, 4.69) is 15.9 Å². The van der Waals surface area contributed by atoms with Crippen LogP contribution in [0.4, 0.5) is 0 Å². The van der Waals surface area contributed by atoms with Crippen molar-refractivity contribution < 1.29 is 9.53 Å². The molecule has 0 radical (unpaired) electrons. The predicted molar refractivity (Wildman–Crippen MR) is 72.7 cm³/mol. The Morgan fingerprint density at radius 3 is 2.59 bits per heavy atom. The SMILES string of the molecule is Cc1ccc(OCCCN(C)C(=O)CBr)cc1. The average molecular weight is 300 g/mol. The maximum Gasteiger partial charge on any atom is 0.232 e. The molecule has 0 aliphatic heterocycles. The summed E-state index contributed by atoms with van der Waals surface area (Å²) >= 11 is 3.15. The molecule has 0 heterocycles. The molecule has 0 aromatic heterocycles. The number of hydrogen-bond acceptors (Lipinski definition) is 2. The van der Waals surface area contributed by atoms with Crippen molar-refractivity contribution in [1.82, 2.24) is 4.90 Å². The van der Waals surface area contributed by atoms with Crippen molar-refractivity contribution in [2.75, 3.05) is 25.5 Å². The highest BCUT2D eigenvalue weighted by atomic mass is 79.9. The molecule has 1 rings (SSSR count). The molecule has 0 atom stereocenters. The van der Waals surface area contributed by atoms with E-state index in [0.29, 0.717) is 11.9 Å². The lowest BCUT2D eigenvalue weighted by Crippen LogP contribution is -2.29. The largest absolute Gasteiger partial charge is 0.494 e. The van der Waals surface area contributed by atoms with Gasteiger partial charge in [0.2, 0.25) is 5.91 Å². The van der Waals surface area contributed by atoms with E-state index in [1.54, 1.807) is 11.9 Å². The third-order valence-corrected chi connectivity index (χ3v) is 2.95. The van der Waals surface area contributed by atoms with E-state index in [9.17, 15) is 4.79 Å². The Labute approximate surface area is 111 Å². The topological polar surface area (TPSA) is 29.5 Å². The Morgan fingerprint density at radius 1 is 1.35 bits per heavy atom. The Balaban J connectivity index is 2.20. The fourth-order valence-electron chi connectivity index (χ4n) is 1.35.